The lowest BCUT2D eigenvalue weighted by Crippen LogP contribution is -2.44. The van der Waals surface area contributed by atoms with E-state index in [4.69, 9.17) is 16.3 Å². The molecule has 2 rings (SSSR count). The third kappa shape index (κ3) is 4.11. The van der Waals surface area contributed by atoms with Crippen LogP contribution in [0.5, 0.6) is 0 Å². The van der Waals surface area contributed by atoms with E-state index >= 15 is 0 Å². The monoisotopic (exact) mass is 296 g/mol. The molecule has 20 heavy (non-hydrogen) atoms. The number of hydrogen-bond donors (Lipinski definition) is 1. The van der Waals surface area contributed by atoms with Crippen molar-refractivity contribution >= 4 is 17.3 Å². The molecule has 1 aromatic carbocycles. The Balaban J connectivity index is 2.23. The van der Waals surface area contributed by atoms with Crippen LogP contribution in [-0.2, 0) is 11.3 Å². The van der Waals surface area contributed by atoms with Crippen LogP contribution in [0.25, 0.3) is 0 Å². The zero-order chi connectivity index (χ0) is 14.8. The fraction of sp³-hybridized carbons (Fsp3) is 0.625. The van der Waals surface area contributed by atoms with Crippen LogP contribution >= 0.6 is 11.6 Å². The summed E-state index contributed by atoms with van der Waals surface area (Å²) in [5, 5.41) is 4.34. The minimum Gasteiger partial charge on any atom is -0.377 e. The molecule has 0 radical (unpaired) electrons. The van der Waals surface area contributed by atoms with Gasteiger partial charge in [-0.3, -0.25) is 0 Å². The molecule has 0 aromatic heterocycles. The summed E-state index contributed by atoms with van der Waals surface area (Å²) >= 11 is 6.17. The molecule has 1 heterocycles. The Hall–Kier alpha value is -0.770. The maximum absolute atomic E-state index is 6.17. The van der Waals surface area contributed by atoms with E-state index in [1.165, 1.54) is 11.3 Å². The average Bonchev–Trinajstić information content (AvgIpc) is 2.37. The SMILES string of the molecule is CC1COCCN1c1ccc(Cl)cc1CNC(C)(C)C. The van der Waals surface area contributed by atoms with Crippen molar-refractivity contribution in [2.45, 2.75) is 45.8 Å². The molecule has 1 aliphatic rings. The number of halogens is 1. The first-order valence-electron chi connectivity index (χ1n) is 7.25. The molecule has 1 saturated heterocycles. The molecule has 0 saturated carbocycles. The van der Waals surface area contributed by atoms with Crippen LogP contribution in [-0.4, -0.2) is 31.3 Å². The van der Waals surface area contributed by atoms with Crippen LogP contribution in [0.15, 0.2) is 18.2 Å². The van der Waals surface area contributed by atoms with Gasteiger partial charge in [-0.1, -0.05) is 11.6 Å². The van der Waals surface area contributed by atoms with E-state index in [1.807, 2.05) is 6.07 Å². The van der Waals surface area contributed by atoms with E-state index in [0.717, 1.165) is 31.3 Å². The zero-order valence-electron chi connectivity index (χ0n) is 12.9. The van der Waals surface area contributed by atoms with Crippen LogP contribution < -0.4 is 10.2 Å². The molecule has 1 aromatic rings. The smallest absolute Gasteiger partial charge is 0.0668 e. The Morgan fingerprint density at radius 2 is 2.15 bits per heavy atom. The molecule has 0 aliphatic carbocycles. The highest BCUT2D eigenvalue weighted by molar-refractivity contribution is 6.30. The molecule has 1 unspecified atom stereocenters. The average molecular weight is 297 g/mol. The maximum Gasteiger partial charge on any atom is 0.0668 e. The van der Waals surface area contributed by atoms with Crippen molar-refractivity contribution in [1.29, 1.82) is 0 Å². The standard InChI is InChI=1S/C16H25ClN2O/c1-12-11-20-8-7-19(12)15-6-5-14(17)9-13(15)10-18-16(2,3)4/h5-6,9,12,18H,7-8,10-11H2,1-4H3. The van der Waals surface area contributed by atoms with Gasteiger partial charge >= 0.3 is 0 Å². The van der Waals surface area contributed by atoms with Crippen LogP contribution in [0.2, 0.25) is 5.02 Å². The second-order valence-electron chi connectivity index (χ2n) is 6.49. The van der Waals surface area contributed by atoms with Crippen LogP contribution in [0.1, 0.15) is 33.3 Å². The van der Waals surface area contributed by atoms with Gasteiger partial charge in [-0.2, -0.15) is 0 Å². The lowest BCUT2D eigenvalue weighted by molar-refractivity contribution is 0.0988. The summed E-state index contributed by atoms with van der Waals surface area (Å²) in [5.41, 5.74) is 2.61. The van der Waals surface area contributed by atoms with Gasteiger partial charge in [0.25, 0.3) is 0 Å². The molecule has 4 heteroatoms. The second-order valence-corrected chi connectivity index (χ2v) is 6.93. The van der Waals surface area contributed by atoms with Gasteiger partial charge in [0.15, 0.2) is 0 Å². The van der Waals surface area contributed by atoms with Gasteiger partial charge in [0.1, 0.15) is 0 Å². The van der Waals surface area contributed by atoms with Gasteiger partial charge in [0, 0.05) is 35.4 Å². The molecular formula is C16H25ClN2O. The number of anilines is 1. The molecule has 0 amide bonds. The van der Waals surface area contributed by atoms with E-state index < -0.39 is 0 Å². The molecule has 0 bridgehead atoms. The summed E-state index contributed by atoms with van der Waals surface area (Å²) in [7, 11) is 0. The van der Waals surface area contributed by atoms with Gasteiger partial charge in [0.05, 0.1) is 13.2 Å². The normalized spacial score (nSPS) is 20.2. The summed E-state index contributed by atoms with van der Waals surface area (Å²) in [4.78, 5) is 2.42. The highest BCUT2D eigenvalue weighted by atomic mass is 35.5. The topological polar surface area (TPSA) is 24.5 Å². The van der Waals surface area contributed by atoms with Crippen molar-refractivity contribution in [1.82, 2.24) is 5.32 Å². The predicted octanol–water partition coefficient (Wildman–Crippen LogP) is 3.45. The van der Waals surface area contributed by atoms with Crippen LogP contribution in [0.3, 0.4) is 0 Å². The van der Waals surface area contributed by atoms with Gasteiger partial charge in [-0.25, -0.2) is 0 Å². The zero-order valence-corrected chi connectivity index (χ0v) is 13.6. The van der Waals surface area contributed by atoms with E-state index in [0.29, 0.717) is 6.04 Å². The number of hydrogen-bond acceptors (Lipinski definition) is 3. The van der Waals surface area contributed by atoms with Crippen molar-refractivity contribution in [3.05, 3.63) is 28.8 Å². The first-order valence-corrected chi connectivity index (χ1v) is 7.62. The maximum atomic E-state index is 6.17. The molecule has 1 aliphatic heterocycles. The summed E-state index contributed by atoms with van der Waals surface area (Å²) < 4.78 is 5.53. The van der Waals surface area contributed by atoms with E-state index in [9.17, 15) is 0 Å². The van der Waals surface area contributed by atoms with E-state index in [-0.39, 0.29) is 5.54 Å². The number of benzene rings is 1. The summed E-state index contributed by atoms with van der Waals surface area (Å²) in [6.07, 6.45) is 0. The van der Waals surface area contributed by atoms with Crippen LogP contribution in [0.4, 0.5) is 5.69 Å². The molecule has 1 N–H and O–H groups in total. The molecular weight excluding hydrogens is 272 g/mol. The molecule has 1 fully saturated rings. The molecule has 0 spiro atoms. The second kappa shape index (κ2) is 6.33. The Morgan fingerprint density at radius 3 is 2.80 bits per heavy atom. The van der Waals surface area contributed by atoms with Gasteiger partial charge < -0.3 is 15.0 Å². The lowest BCUT2D eigenvalue weighted by atomic mass is 10.1. The number of nitrogens with zero attached hydrogens (tertiary/aromatic N) is 1. The Labute approximate surface area is 127 Å². The third-order valence-electron chi connectivity index (χ3n) is 3.53. The highest BCUT2D eigenvalue weighted by Crippen LogP contribution is 2.27. The Kier molecular flexibility index (Phi) is 4.95. The van der Waals surface area contributed by atoms with Crippen LogP contribution in [0, 0.1) is 0 Å². The molecule has 1 atom stereocenters. The predicted molar refractivity (Wildman–Crippen MR) is 85.7 cm³/mol. The van der Waals surface area contributed by atoms with Gasteiger partial charge in [-0.05, 0) is 51.5 Å². The first kappa shape index (κ1) is 15.6. The van der Waals surface area contributed by atoms with Crippen molar-refractivity contribution < 1.29 is 4.74 Å². The van der Waals surface area contributed by atoms with E-state index in [2.05, 4.69) is 50.0 Å². The van der Waals surface area contributed by atoms with Crippen molar-refractivity contribution in [2.24, 2.45) is 0 Å². The Bertz CT molecular complexity index is 456. The van der Waals surface area contributed by atoms with Crippen molar-refractivity contribution in [2.75, 3.05) is 24.7 Å². The van der Waals surface area contributed by atoms with E-state index in [1.54, 1.807) is 0 Å². The van der Waals surface area contributed by atoms with Gasteiger partial charge in [-0.15, -0.1) is 0 Å². The van der Waals surface area contributed by atoms with Crippen molar-refractivity contribution in [3.63, 3.8) is 0 Å². The van der Waals surface area contributed by atoms with Gasteiger partial charge in [0.2, 0.25) is 0 Å². The fourth-order valence-electron chi connectivity index (χ4n) is 2.42. The summed E-state index contributed by atoms with van der Waals surface area (Å²) in [5.74, 6) is 0. The first-order chi connectivity index (χ1) is 9.37. The number of morpholine rings is 1. The summed E-state index contributed by atoms with van der Waals surface area (Å²) in [6, 6.07) is 6.57. The minimum absolute atomic E-state index is 0.0935. The lowest BCUT2D eigenvalue weighted by Gasteiger charge is -2.37. The number of nitrogens with one attached hydrogen (secondary N) is 1. The molecule has 112 valence electrons. The number of rotatable bonds is 3. The third-order valence-corrected chi connectivity index (χ3v) is 3.76. The number of ether oxygens (including phenoxy) is 1. The van der Waals surface area contributed by atoms with Crippen molar-refractivity contribution in [3.8, 4) is 0 Å². The summed E-state index contributed by atoms with van der Waals surface area (Å²) in [6.45, 7) is 12.1. The minimum atomic E-state index is 0.0935. The largest absolute Gasteiger partial charge is 0.377 e. The fourth-order valence-corrected chi connectivity index (χ4v) is 2.62. The highest BCUT2D eigenvalue weighted by Gasteiger charge is 2.22. The quantitative estimate of drug-likeness (QED) is 0.924. The Morgan fingerprint density at radius 1 is 1.40 bits per heavy atom. The molecule has 3 nitrogen and oxygen atoms in total.